The van der Waals surface area contributed by atoms with Crippen molar-refractivity contribution in [1.82, 2.24) is 0 Å². The van der Waals surface area contributed by atoms with Gasteiger partial charge in [-0.05, 0) is 37.5 Å². The number of fused-ring (bicyclic) bond motifs is 1. The standard InChI is InChI=1S/C13H13NOS/c1-8-5-6-9-12(7-8)16-13-10(14-9)3-2-4-11(13)15/h5-7,14H,2-4H2,1H3. The van der Waals surface area contributed by atoms with Gasteiger partial charge in [0, 0.05) is 17.0 Å². The highest BCUT2D eigenvalue weighted by molar-refractivity contribution is 8.04. The van der Waals surface area contributed by atoms with E-state index in [9.17, 15) is 4.79 Å². The number of Topliss-reactive ketones (excluding diaryl/α,β-unsaturated/α-hetero) is 1. The Morgan fingerprint density at radius 1 is 1.31 bits per heavy atom. The molecule has 1 heterocycles. The minimum Gasteiger partial charge on any atom is -0.357 e. The lowest BCUT2D eigenvalue weighted by Gasteiger charge is -2.26. The molecule has 0 amide bonds. The largest absolute Gasteiger partial charge is 0.357 e. The molecule has 2 aliphatic rings. The quantitative estimate of drug-likeness (QED) is 0.741. The summed E-state index contributed by atoms with van der Waals surface area (Å²) in [4.78, 5) is 13.9. The van der Waals surface area contributed by atoms with Crippen molar-refractivity contribution in [1.29, 1.82) is 0 Å². The molecule has 0 spiro atoms. The first-order valence-electron chi connectivity index (χ1n) is 5.56. The molecular weight excluding hydrogens is 218 g/mol. The number of thioether (sulfide) groups is 1. The van der Waals surface area contributed by atoms with E-state index in [0.29, 0.717) is 12.2 Å². The van der Waals surface area contributed by atoms with Crippen LogP contribution in [0.3, 0.4) is 0 Å². The number of nitrogens with one attached hydrogen (secondary N) is 1. The second-order valence-corrected chi connectivity index (χ2v) is 5.36. The monoisotopic (exact) mass is 231 g/mol. The van der Waals surface area contributed by atoms with Gasteiger partial charge < -0.3 is 5.32 Å². The predicted molar refractivity (Wildman–Crippen MR) is 66.5 cm³/mol. The van der Waals surface area contributed by atoms with E-state index in [0.717, 1.165) is 29.1 Å². The van der Waals surface area contributed by atoms with Crippen molar-refractivity contribution < 1.29 is 4.79 Å². The molecule has 1 aromatic carbocycles. The topological polar surface area (TPSA) is 29.1 Å². The number of carbonyl (C=O) groups excluding carboxylic acids is 1. The van der Waals surface area contributed by atoms with Gasteiger partial charge in [-0.1, -0.05) is 17.8 Å². The summed E-state index contributed by atoms with van der Waals surface area (Å²) in [7, 11) is 0. The zero-order valence-electron chi connectivity index (χ0n) is 9.17. The third kappa shape index (κ3) is 1.55. The van der Waals surface area contributed by atoms with Gasteiger partial charge in [0.2, 0.25) is 0 Å². The number of hydrogen-bond donors (Lipinski definition) is 1. The fourth-order valence-electron chi connectivity index (χ4n) is 2.15. The molecule has 16 heavy (non-hydrogen) atoms. The van der Waals surface area contributed by atoms with Crippen molar-refractivity contribution in [3.63, 3.8) is 0 Å². The molecule has 0 atom stereocenters. The number of carbonyl (C=O) groups is 1. The Morgan fingerprint density at radius 2 is 2.19 bits per heavy atom. The number of aryl methyl sites for hydroxylation is 1. The zero-order valence-corrected chi connectivity index (χ0v) is 9.99. The van der Waals surface area contributed by atoms with Crippen LogP contribution in [0.25, 0.3) is 0 Å². The van der Waals surface area contributed by atoms with Gasteiger partial charge in [-0.3, -0.25) is 4.79 Å². The van der Waals surface area contributed by atoms with Crippen LogP contribution in [0.5, 0.6) is 0 Å². The predicted octanol–water partition coefficient (Wildman–Crippen LogP) is 3.48. The third-order valence-corrected chi connectivity index (χ3v) is 4.23. The molecule has 1 aromatic rings. The van der Waals surface area contributed by atoms with Crippen molar-refractivity contribution in [3.05, 3.63) is 34.4 Å². The molecule has 0 aromatic heterocycles. The number of allylic oxidation sites excluding steroid dienone is 2. The summed E-state index contributed by atoms with van der Waals surface area (Å²) in [6.07, 6.45) is 2.68. The number of benzene rings is 1. The van der Waals surface area contributed by atoms with Gasteiger partial charge in [-0.2, -0.15) is 0 Å². The Bertz CT molecular complexity index is 505. The molecule has 1 aliphatic carbocycles. The van der Waals surface area contributed by atoms with Crippen LogP contribution in [0.2, 0.25) is 0 Å². The van der Waals surface area contributed by atoms with Crippen molar-refractivity contribution in [3.8, 4) is 0 Å². The summed E-state index contributed by atoms with van der Waals surface area (Å²) in [6.45, 7) is 2.08. The van der Waals surface area contributed by atoms with E-state index in [1.165, 1.54) is 10.5 Å². The van der Waals surface area contributed by atoms with Crippen LogP contribution in [0.15, 0.2) is 33.7 Å². The van der Waals surface area contributed by atoms with E-state index in [1.54, 1.807) is 11.8 Å². The molecule has 0 saturated heterocycles. The smallest absolute Gasteiger partial charge is 0.171 e. The Kier molecular flexibility index (Phi) is 2.28. The molecule has 3 rings (SSSR count). The average molecular weight is 231 g/mol. The van der Waals surface area contributed by atoms with Gasteiger partial charge in [0.1, 0.15) is 0 Å². The fourth-order valence-corrected chi connectivity index (χ4v) is 3.33. The van der Waals surface area contributed by atoms with Crippen molar-refractivity contribution in [2.45, 2.75) is 31.1 Å². The van der Waals surface area contributed by atoms with Crippen LogP contribution in [-0.4, -0.2) is 5.78 Å². The zero-order chi connectivity index (χ0) is 11.1. The lowest BCUT2D eigenvalue weighted by Crippen LogP contribution is -2.17. The summed E-state index contributed by atoms with van der Waals surface area (Å²) >= 11 is 1.63. The molecule has 0 radical (unpaired) electrons. The maximum Gasteiger partial charge on any atom is 0.171 e. The lowest BCUT2D eigenvalue weighted by molar-refractivity contribution is -0.115. The summed E-state index contributed by atoms with van der Waals surface area (Å²) in [6, 6.07) is 6.34. The Labute approximate surface area is 99.1 Å². The van der Waals surface area contributed by atoms with Crippen LogP contribution in [-0.2, 0) is 4.79 Å². The van der Waals surface area contributed by atoms with Gasteiger partial charge in [-0.25, -0.2) is 0 Å². The molecular formula is C13H13NOS. The van der Waals surface area contributed by atoms with Gasteiger partial charge in [-0.15, -0.1) is 0 Å². The Morgan fingerprint density at radius 3 is 3.06 bits per heavy atom. The molecule has 1 aliphatic heterocycles. The number of anilines is 1. The molecule has 2 nitrogen and oxygen atoms in total. The number of rotatable bonds is 0. The summed E-state index contributed by atoms with van der Waals surface area (Å²) < 4.78 is 0. The second kappa shape index (κ2) is 3.67. The first kappa shape index (κ1) is 9.97. The van der Waals surface area contributed by atoms with Crippen LogP contribution in [0.4, 0.5) is 5.69 Å². The van der Waals surface area contributed by atoms with Crippen LogP contribution in [0.1, 0.15) is 24.8 Å². The molecule has 82 valence electrons. The lowest BCUT2D eigenvalue weighted by atomic mass is 10.0. The fraction of sp³-hybridized carbons (Fsp3) is 0.308. The van der Waals surface area contributed by atoms with E-state index in [1.807, 2.05) is 0 Å². The summed E-state index contributed by atoms with van der Waals surface area (Å²) in [5, 5.41) is 3.39. The third-order valence-electron chi connectivity index (χ3n) is 2.99. The maximum atomic E-state index is 11.8. The van der Waals surface area contributed by atoms with Crippen molar-refractivity contribution >= 4 is 23.2 Å². The molecule has 3 heteroatoms. The van der Waals surface area contributed by atoms with E-state index < -0.39 is 0 Å². The van der Waals surface area contributed by atoms with Gasteiger partial charge in [0.05, 0.1) is 10.6 Å². The SMILES string of the molecule is Cc1ccc2c(c1)SC1=C(CCCC1=O)N2. The Hall–Kier alpha value is -1.22. The highest BCUT2D eigenvalue weighted by Gasteiger charge is 2.26. The highest BCUT2D eigenvalue weighted by atomic mass is 32.2. The van der Waals surface area contributed by atoms with E-state index >= 15 is 0 Å². The number of hydrogen-bond acceptors (Lipinski definition) is 3. The minimum atomic E-state index is 0.297. The normalized spacial score (nSPS) is 18.9. The molecule has 0 fully saturated rings. The highest BCUT2D eigenvalue weighted by Crippen LogP contribution is 2.43. The van der Waals surface area contributed by atoms with Crippen LogP contribution in [0, 0.1) is 6.92 Å². The van der Waals surface area contributed by atoms with Gasteiger partial charge in [0.15, 0.2) is 5.78 Å². The molecule has 0 saturated carbocycles. The number of ketones is 1. The summed E-state index contributed by atoms with van der Waals surface area (Å²) in [5.41, 5.74) is 3.50. The first-order valence-corrected chi connectivity index (χ1v) is 6.37. The van der Waals surface area contributed by atoms with E-state index in [4.69, 9.17) is 0 Å². The first-order chi connectivity index (χ1) is 7.74. The van der Waals surface area contributed by atoms with Crippen LogP contribution < -0.4 is 5.32 Å². The van der Waals surface area contributed by atoms with Gasteiger partial charge >= 0.3 is 0 Å². The second-order valence-electron chi connectivity index (χ2n) is 4.31. The van der Waals surface area contributed by atoms with Crippen molar-refractivity contribution in [2.75, 3.05) is 5.32 Å². The Balaban J connectivity index is 2.04. The summed E-state index contributed by atoms with van der Waals surface area (Å²) in [5.74, 6) is 0.297. The molecule has 1 N–H and O–H groups in total. The minimum absolute atomic E-state index is 0.297. The van der Waals surface area contributed by atoms with Crippen molar-refractivity contribution in [2.24, 2.45) is 0 Å². The van der Waals surface area contributed by atoms with E-state index in [2.05, 4.69) is 30.4 Å². The maximum absolute atomic E-state index is 11.8. The average Bonchev–Trinajstić information content (AvgIpc) is 2.28. The van der Waals surface area contributed by atoms with Gasteiger partial charge in [0.25, 0.3) is 0 Å². The molecule has 0 bridgehead atoms. The molecule has 0 unspecified atom stereocenters. The van der Waals surface area contributed by atoms with Crippen LogP contribution >= 0.6 is 11.8 Å². The van der Waals surface area contributed by atoms with E-state index in [-0.39, 0.29) is 0 Å².